The highest BCUT2D eigenvalue weighted by Gasteiger charge is 2.11. The van der Waals surface area contributed by atoms with Gasteiger partial charge in [0.05, 0.1) is 12.7 Å². The molecule has 1 N–H and O–H groups in total. The number of carbonyl (C=O) groups excluding carboxylic acids is 1. The molecule has 0 radical (unpaired) electrons. The quantitative estimate of drug-likeness (QED) is 0.700. The maximum atomic E-state index is 12.2. The van der Waals surface area contributed by atoms with Crippen molar-refractivity contribution in [1.29, 1.82) is 0 Å². The van der Waals surface area contributed by atoms with E-state index >= 15 is 0 Å². The molecule has 3 rings (SSSR count). The molecule has 0 saturated heterocycles. The molecule has 0 aliphatic carbocycles. The highest BCUT2D eigenvalue weighted by molar-refractivity contribution is 5.95. The molecule has 1 heterocycles. The molecule has 0 saturated carbocycles. The van der Waals surface area contributed by atoms with E-state index in [-0.39, 0.29) is 18.1 Å². The SMILES string of the molecule is CCc1ccc2occ(CC(=O)Nc3ccc(OC(F)F)cc3)c2c1. The number of hydrogen-bond donors (Lipinski definition) is 1. The first-order chi connectivity index (χ1) is 12.0. The van der Waals surface area contributed by atoms with Crippen LogP contribution in [-0.2, 0) is 17.6 Å². The maximum Gasteiger partial charge on any atom is 0.387 e. The van der Waals surface area contributed by atoms with Gasteiger partial charge in [-0.05, 0) is 48.4 Å². The third kappa shape index (κ3) is 4.15. The number of halogens is 2. The molecule has 0 aliphatic heterocycles. The Kier molecular flexibility index (Phi) is 4.97. The van der Waals surface area contributed by atoms with Gasteiger partial charge < -0.3 is 14.5 Å². The molecule has 1 aromatic heterocycles. The number of rotatable bonds is 6. The van der Waals surface area contributed by atoms with E-state index in [0.717, 1.165) is 23.0 Å². The topological polar surface area (TPSA) is 51.5 Å². The normalized spacial score (nSPS) is 11.0. The van der Waals surface area contributed by atoms with Gasteiger partial charge in [0, 0.05) is 16.6 Å². The highest BCUT2D eigenvalue weighted by atomic mass is 19.3. The Morgan fingerprint density at radius 2 is 1.96 bits per heavy atom. The van der Waals surface area contributed by atoms with Gasteiger partial charge in [-0.25, -0.2) is 0 Å². The summed E-state index contributed by atoms with van der Waals surface area (Å²) in [5.74, 6) is -0.173. The van der Waals surface area contributed by atoms with E-state index in [2.05, 4.69) is 17.0 Å². The molecule has 0 spiro atoms. The molecule has 6 heteroatoms. The first-order valence-electron chi connectivity index (χ1n) is 7.89. The van der Waals surface area contributed by atoms with Crippen molar-refractivity contribution in [2.24, 2.45) is 0 Å². The molecule has 3 aromatic rings. The summed E-state index contributed by atoms with van der Waals surface area (Å²) in [4.78, 5) is 12.2. The van der Waals surface area contributed by atoms with Crippen LogP contribution in [-0.4, -0.2) is 12.5 Å². The molecular weight excluding hydrogens is 328 g/mol. The van der Waals surface area contributed by atoms with Gasteiger partial charge in [-0.3, -0.25) is 4.79 Å². The molecular formula is C19H17F2NO3. The van der Waals surface area contributed by atoms with Gasteiger partial charge in [-0.2, -0.15) is 8.78 Å². The van der Waals surface area contributed by atoms with Gasteiger partial charge in [0.1, 0.15) is 11.3 Å². The molecule has 130 valence electrons. The summed E-state index contributed by atoms with van der Waals surface area (Å²) < 4.78 is 34.0. The number of alkyl halides is 2. The van der Waals surface area contributed by atoms with Gasteiger partial charge in [-0.15, -0.1) is 0 Å². The van der Waals surface area contributed by atoms with E-state index in [1.165, 1.54) is 29.8 Å². The van der Waals surface area contributed by atoms with Crippen molar-refractivity contribution < 1.29 is 22.7 Å². The van der Waals surface area contributed by atoms with E-state index in [0.29, 0.717) is 5.69 Å². The van der Waals surface area contributed by atoms with Crippen LogP contribution < -0.4 is 10.1 Å². The summed E-state index contributed by atoms with van der Waals surface area (Å²) in [6.45, 7) is -0.808. The van der Waals surface area contributed by atoms with E-state index in [4.69, 9.17) is 4.42 Å². The van der Waals surface area contributed by atoms with E-state index in [1.807, 2.05) is 18.2 Å². The van der Waals surface area contributed by atoms with E-state index in [1.54, 1.807) is 6.26 Å². The summed E-state index contributed by atoms with van der Waals surface area (Å²) in [5.41, 5.74) is 3.23. The lowest BCUT2D eigenvalue weighted by molar-refractivity contribution is -0.115. The lowest BCUT2D eigenvalue weighted by Crippen LogP contribution is -2.14. The zero-order valence-electron chi connectivity index (χ0n) is 13.6. The van der Waals surface area contributed by atoms with Crippen molar-refractivity contribution in [3.8, 4) is 5.75 Å². The van der Waals surface area contributed by atoms with Crippen LogP contribution in [0.1, 0.15) is 18.1 Å². The zero-order valence-corrected chi connectivity index (χ0v) is 13.6. The molecule has 0 bridgehead atoms. The monoisotopic (exact) mass is 345 g/mol. The van der Waals surface area contributed by atoms with Crippen LogP contribution in [0.15, 0.2) is 53.1 Å². The number of hydrogen-bond acceptors (Lipinski definition) is 3. The summed E-state index contributed by atoms with van der Waals surface area (Å²) in [7, 11) is 0. The molecule has 1 amide bonds. The van der Waals surface area contributed by atoms with Crippen LogP contribution in [0, 0.1) is 0 Å². The van der Waals surface area contributed by atoms with Crippen LogP contribution in [0.25, 0.3) is 11.0 Å². The standard InChI is InChI=1S/C19H17F2NO3/c1-2-12-3-8-17-16(9-12)13(11-24-17)10-18(23)22-14-4-6-15(7-5-14)25-19(20)21/h3-9,11,19H,2,10H2,1H3,(H,22,23). The number of furan rings is 1. The van der Waals surface area contributed by atoms with E-state index in [9.17, 15) is 13.6 Å². The minimum absolute atomic E-state index is 0.0425. The molecule has 0 fully saturated rings. The zero-order chi connectivity index (χ0) is 17.8. The van der Waals surface area contributed by atoms with E-state index < -0.39 is 6.61 Å². The summed E-state index contributed by atoms with van der Waals surface area (Å²) in [6.07, 6.45) is 2.65. The number of ether oxygens (including phenoxy) is 1. The Morgan fingerprint density at radius 1 is 1.20 bits per heavy atom. The van der Waals surface area contributed by atoms with Crippen molar-refractivity contribution in [3.63, 3.8) is 0 Å². The Hall–Kier alpha value is -2.89. The first-order valence-corrected chi connectivity index (χ1v) is 7.89. The number of fused-ring (bicyclic) bond motifs is 1. The number of carbonyl (C=O) groups is 1. The minimum Gasteiger partial charge on any atom is -0.464 e. The van der Waals surface area contributed by atoms with Crippen LogP contribution >= 0.6 is 0 Å². The second-order valence-corrected chi connectivity index (χ2v) is 5.57. The lowest BCUT2D eigenvalue weighted by Gasteiger charge is -2.07. The fourth-order valence-electron chi connectivity index (χ4n) is 2.58. The lowest BCUT2D eigenvalue weighted by atomic mass is 10.1. The van der Waals surface area contributed by atoms with Crippen LogP contribution in [0.3, 0.4) is 0 Å². The largest absolute Gasteiger partial charge is 0.464 e. The Morgan fingerprint density at radius 3 is 2.64 bits per heavy atom. The van der Waals surface area contributed by atoms with Crippen molar-refractivity contribution >= 4 is 22.6 Å². The average Bonchev–Trinajstić information content (AvgIpc) is 2.98. The predicted octanol–water partition coefficient (Wildman–Crippen LogP) is 4.78. The second-order valence-electron chi connectivity index (χ2n) is 5.57. The molecule has 0 unspecified atom stereocenters. The van der Waals surface area contributed by atoms with Crippen molar-refractivity contribution in [2.45, 2.75) is 26.4 Å². The van der Waals surface area contributed by atoms with Crippen molar-refractivity contribution in [2.75, 3.05) is 5.32 Å². The summed E-state index contributed by atoms with van der Waals surface area (Å²) in [6, 6.07) is 11.7. The Bertz CT molecular complexity index is 872. The number of nitrogens with one attached hydrogen (secondary N) is 1. The predicted molar refractivity (Wildman–Crippen MR) is 91.0 cm³/mol. The number of anilines is 1. The second kappa shape index (κ2) is 7.34. The third-order valence-corrected chi connectivity index (χ3v) is 3.84. The van der Waals surface area contributed by atoms with Crippen LogP contribution in [0.4, 0.5) is 14.5 Å². The third-order valence-electron chi connectivity index (χ3n) is 3.84. The smallest absolute Gasteiger partial charge is 0.387 e. The fourth-order valence-corrected chi connectivity index (χ4v) is 2.58. The van der Waals surface area contributed by atoms with Gasteiger partial charge >= 0.3 is 6.61 Å². The number of aryl methyl sites for hydroxylation is 1. The van der Waals surface area contributed by atoms with Gasteiger partial charge in [-0.1, -0.05) is 13.0 Å². The van der Waals surface area contributed by atoms with Crippen LogP contribution in [0.2, 0.25) is 0 Å². The first kappa shape index (κ1) is 17.0. The van der Waals surface area contributed by atoms with Gasteiger partial charge in [0.2, 0.25) is 5.91 Å². The molecule has 0 aliphatic rings. The Balaban J connectivity index is 1.68. The highest BCUT2D eigenvalue weighted by Crippen LogP contribution is 2.24. The molecule has 4 nitrogen and oxygen atoms in total. The van der Waals surface area contributed by atoms with Crippen molar-refractivity contribution in [1.82, 2.24) is 0 Å². The van der Waals surface area contributed by atoms with Gasteiger partial charge in [0.15, 0.2) is 0 Å². The number of benzene rings is 2. The van der Waals surface area contributed by atoms with Gasteiger partial charge in [0.25, 0.3) is 0 Å². The minimum atomic E-state index is -2.87. The molecule has 0 atom stereocenters. The summed E-state index contributed by atoms with van der Waals surface area (Å²) >= 11 is 0. The fraction of sp³-hybridized carbons (Fsp3) is 0.211. The average molecular weight is 345 g/mol. The summed E-state index contributed by atoms with van der Waals surface area (Å²) in [5, 5.41) is 3.66. The number of amides is 1. The molecule has 2 aromatic carbocycles. The van der Waals surface area contributed by atoms with Crippen molar-refractivity contribution in [3.05, 3.63) is 59.9 Å². The Labute approximate surface area is 143 Å². The molecule has 25 heavy (non-hydrogen) atoms. The maximum absolute atomic E-state index is 12.2. The van der Waals surface area contributed by atoms with Crippen LogP contribution in [0.5, 0.6) is 5.75 Å².